The van der Waals surface area contributed by atoms with Crippen molar-refractivity contribution in [2.24, 2.45) is 5.92 Å². The molecule has 1 aromatic heterocycles. The fourth-order valence-electron chi connectivity index (χ4n) is 3.76. The second kappa shape index (κ2) is 8.53. The Balaban J connectivity index is 1.56. The lowest BCUT2D eigenvalue weighted by Crippen LogP contribution is -2.30. The summed E-state index contributed by atoms with van der Waals surface area (Å²) in [7, 11) is 0. The van der Waals surface area contributed by atoms with Gasteiger partial charge in [0.15, 0.2) is 0 Å². The zero-order valence-corrected chi connectivity index (χ0v) is 17.0. The molecule has 0 N–H and O–H groups in total. The van der Waals surface area contributed by atoms with E-state index in [-0.39, 0.29) is 25.8 Å². The number of esters is 2. The first-order chi connectivity index (χ1) is 14.6. The highest BCUT2D eigenvalue weighted by molar-refractivity contribution is 5.98. The summed E-state index contributed by atoms with van der Waals surface area (Å²) in [5.74, 6) is -0.424. The third-order valence-electron chi connectivity index (χ3n) is 5.27. The van der Waals surface area contributed by atoms with Gasteiger partial charge in [0, 0.05) is 5.39 Å². The van der Waals surface area contributed by atoms with E-state index in [0.29, 0.717) is 17.7 Å². The number of para-hydroxylation sites is 2. The van der Waals surface area contributed by atoms with Crippen molar-refractivity contribution >= 4 is 22.8 Å². The number of hydrogen-bond donors (Lipinski definition) is 0. The molecule has 3 aromatic rings. The van der Waals surface area contributed by atoms with Gasteiger partial charge < -0.3 is 14.2 Å². The van der Waals surface area contributed by atoms with Crippen LogP contribution in [0.1, 0.15) is 34.1 Å². The summed E-state index contributed by atoms with van der Waals surface area (Å²) < 4.78 is 16.5. The van der Waals surface area contributed by atoms with Gasteiger partial charge in [-0.2, -0.15) is 0 Å². The van der Waals surface area contributed by atoms with Gasteiger partial charge in [-0.1, -0.05) is 36.4 Å². The van der Waals surface area contributed by atoms with Crippen LogP contribution in [0, 0.1) is 12.8 Å². The summed E-state index contributed by atoms with van der Waals surface area (Å²) in [4.78, 5) is 29.9. The minimum absolute atomic E-state index is 0.100. The van der Waals surface area contributed by atoms with E-state index in [2.05, 4.69) is 4.98 Å². The molecule has 0 radical (unpaired) electrons. The number of ether oxygens (including phenoxy) is 3. The molecule has 0 unspecified atom stereocenters. The Morgan fingerprint density at radius 2 is 1.87 bits per heavy atom. The molecular weight excluding hydrogens is 382 g/mol. The van der Waals surface area contributed by atoms with E-state index in [1.807, 2.05) is 55.5 Å². The normalized spacial score (nSPS) is 15.2. The zero-order valence-electron chi connectivity index (χ0n) is 17.0. The monoisotopic (exact) mass is 405 g/mol. The van der Waals surface area contributed by atoms with Crippen LogP contribution in [-0.4, -0.2) is 30.1 Å². The van der Waals surface area contributed by atoms with Gasteiger partial charge in [-0.25, -0.2) is 9.78 Å². The first-order valence-corrected chi connectivity index (χ1v) is 10.0. The summed E-state index contributed by atoms with van der Waals surface area (Å²) in [6.45, 7) is 4.03. The number of aryl methyl sites for hydroxylation is 1. The SMILES string of the molecule is CCOC(=O)c1c(COC(=O)[C@@H]2COc3ccccc3C2)nc2ccccc2c1C. The molecule has 0 bridgehead atoms. The van der Waals surface area contributed by atoms with E-state index in [9.17, 15) is 9.59 Å². The number of aromatic nitrogens is 1. The van der Waals surface area contributed by atoms with Gasteiger partial charge in [0.2, 0.25) is 0 Å². The molecular formula is C24H23NO5. The topological polar surface area (TPSA) is 74.7 Å². The van der Waals surface area contributed by atoms with Crippen LogP contribution in [0.4, 0.5) is 0 Å². The van der Waals surface area contributed by atoms with E-state index in [1.165, 1.54) is 0 Å². The minimum atomic E-state index is -0.464. The van der Waals surface area contributed by atoms with Crippen LogP contribution >= 0.6 is 0 Å². The molecule has 0 amide bonds. The molecule has 30 heavy (non-hydrogen) atoms. The van der Waals surface area contributed by atoms with Crippen LogP contribution < -0.4 is 4.74 Å². The van der Waals surface area contributed by atoms with E-state index < -0.39 is 11.9 Å². The lowest BCUT2D eigenvalue weighted by molar-refractivity contribution is -0.151. The first kappa shape index (κ1) is 19.9. The molecule has 1 aliphatic heterocycles. The molecule has 4 rings (SSSR count). The van der Waals surface area contributed by atoms with Gasteiger partial charge in [0.1, 0.15) is 19.0 Å². The number of benzene rings is 2. The average Bonchev–Trinajstić information content (AvgIpc) is 2.77. The number of carbonyl (C=O) groups is 2. The maximum atomic E-state index is 12.7. The van der Waals surface area contributed by atoms with E-state index in [4.69, 9.17) is 14.2 Å². The quantitative estimate of drug-likeness (QED) is 0.597. The van der Waals surface area contributed by atoms with Crippen molar-refractivity contribution in [3.05, 3.63) is 70.9 Å². The van der Waals surface area contributed by atoms with Crippen LogP contribution in [0.3, 0.4) is 0 Å². The maximum Gasteiger partial charge on any atom is 0.340 e. The van der Waals surface area contributed by atoms with Gasteiger partial charge in [-0.3, -0.25) is 4.79 Å². The average molecular weight is 405 g/mol. The number of nitrogens with zero attached hydrogens (tertiary/aromatic N) is 1. The van der Waals surface area contributed by atoms with Crippen LogP contribution in [0.2, 0.25) is 0 Å². The third-order valence-corrected chi connectivity index (χ3v) is 5.27. The van der Waals surface area contributed by atoms with Crippen LogP contribution in [0.5, 0.6) is 5.75 Å². The Labute approximate surface area is 174 Å². The lowest BCUT2D eigenvalue weighted by Gasteiger charge is -2.24. The van der Waals surface area contributed by atoms with E-state index in [0.717, 1.165) is 27.8 Å². The molecule has 1 aliphatic rings. The largest absolute Gasteiger partial charge is 0.492 e. The Hall–Kier alpha value is -3.41. The number of hydrogen-bond acceptors (Lipinski definition) is 6. The number of fused-ring (bicyclic) bond motifs is 2. The fourth-order valence-corrected chi connectivity index (χ4v) is 3.76. The summed E-state index contributed by atoms with van der Waals surface area (Å²) in [5.41, 5.74) is 3.24. The number of rotatable bonds is 5. The molecule has 2 aromatic carbocycles. The van der Waals surface area contributed by atoms with Crippen molar-refractivity contribution in [2.75, 3.05) is 13.2 Å². The van der Waals surface area contributed by atoms with Crippen molar-refractivity contribution in [1.82, 2.24) is 4.98 Å². The summed E-state index contributed by atoms with van der Waals surface area (Å²) in [6, 6.07) is 15.2. The van der Waals surface area contributed by atoms with Gasteiger partial charge in [0.25, 0.3) is 0 Å². The minimum Gasteiger partial charge on any atom is -0.492 e. The zero-order chi connectivity index (χ0) is 21.1. The Bertz CT molecular complexity index is 1110. The number of carbonyl (C=O) groups excluding carboxylic acids is 2. The lowest BCUT2D eigenvalue weighted by atomic mass is 9.97. The standard InChI is InChI=1S/C24H23NO5/c1-3-28-24(27)22-15(2)18-9-5-6-10-19(18)25-20(22)14-30-23(26)17-12-16-8-4-7-11-21(16)29-13-17/h4-11,17H,3,12-14H2,1-2H3/t17-/m0/s1. The second-order valence-electron chi connectivity index (χ2n) is 7.22. The van der Waals surface area contributed by atoms with E-state index >= 15 is 0 Å². The highest BCUT2D eigenvalue weighted by Gasteiger charge is 2.28. The maximum absolute atomic E-state index is 12.7. The van der Waals surface area contributed by atoms with Crippen LogP contribution in [0.25, 0.3) is 10.9 Å². The van der Waals surface area contributed by atoms with Crippen LogP contribution in [0.15, 0.2) is 48.5 Å². The Morgan fingerprint density at radius 1 is 1.10 bits per heavy atom. The molecule has 6 heteroatoms. The Kier molecular flexibility index (Phi) is 5.65. The molecule has 154 valence electrons. The fraction of sp³-hybridized carbons (Fsp3) is 0.292. The van der Waals surface area contributed by atoms with Crippen molar-refractivity contribution < 1.29 is 23.8 Å². The predicted octanol–water partition coefficient (Wildman–Crippen LogP) is 4.01. The smallest absolute Gasteiger partial charge is 0.340 e. The first-order valence-electron chi connectivity index (χ1n) is 10.0. The summed E-state index contributed by atoms with van der Waals surface area (Å²) in [6.07, 6.45) is 0.559. The van der Waals surface area contributed by atoms with Gasteiger partial charge in [-0.15, -0.1) is 0 Å². The van der Waals surface area contributed by atoms with Crippen molar-refractivity contribution in [1.29, 1.82) is 0 Å². The Morgan fingerprint density at radius 3 is 2.70 bits per heavy atom. The number of pyridine rings is 1. The molecule has 1 atom stereocenters. The van der Waals surface area contributed by atoms with Gasteiger partial charge in [0.05, 0.1) is 29.3 Å². The summed E-state index contributed by atoms with van der Waals surface area (Å²) >= 11 is 0. The predicted molar refractivity (Wildman–Crippen MR) is 111 cm³/mol. The molecule has 0 saturated heterocycles. The van der Waals surface area contributed by atoms with Gasteiger partial charge >= 0.3 is 11.9 Å². The molecule has 6 nitrogen and oxygen atoms in total. The highest BCUT2D eigenvalue weighted by atomic mass is 16.5. The summed E-state index contributed by atoms with van der Waals surface area (Å²) in [5, 5.41) is 0.868. The molecule has 0 saturated carbocycles. The molecule has 0 aliphatic carbocycles. The van der Waals surface area contributed by atoms with E-state index in [1.54, 1.807) is 6.92 Å². The van der Waals surface area contributed by atoms with Crippen molar-refractivity contribution in [2.45, 2.75) is 26.9 Å². The van der Waals surface area contributed by atoms with Gasteiger partial charge in [-0.05, 0) is 43.5 Å². The molecule has 0 spiro atoms. The highest BCUT2D eigenvalue weighted by Crippen LogP contribution is 2.28. The van der Waals surface area contributed by atoms with Crippen molar-refractivity contribution in [3.63, 3.8) is 0 Å². The van der Waals surface area contributed by atoms with Crippen LogP contribution in [-0.2, 0) is 27.3 Å². The molecule has 0 fully saturated rings. The molecule has 2 heterocycles. The third kappa shape index (κ3) is 3.85. The van der Waals surface area contributed by atoms with Crippen molar-refractivity contribution in [3.8, 4) is 5.75 Å². The second-order valence-corrected chi connectivity index (χ2v) is 7.22.